The molecule has 1 saturated heterocycles. The van der Waals surface area contributed by atoms with Crippen LogP contribution >= 0.6 is 0 Å². The van der Waals surface area contributed by atoms with Gasteiger partial charge in [-0.2, -0.15) is 0 Å². The molecule has 0 aliphatic carbocycles. The largest absolute Gasteiger partial charge is 0.466 e. The number of unbranched alkanes of at least 4 members (excludes halogenated alkanes) is 15. The van der Waals surface area contributed by atoms with Crippen molar-refractivity contribution in [1.82, 2.24) is 4.90 Å². The third kappa shape index (κ3) is 22.2. The lowest BCUT2D eigenvalue weighted by molar-refractivity contribution is -0.191. The van der Waals surface area contributed by atoms with Crippen molar-refractivity contribution in [3.63, 3.8) is 0 Å². The molecule has 0 amide bonds. The first-order chi connectivity index (χ1) is 22.9. The van der Waals surface area contributed by atoms with E-state index in [-0.39, 0.29) is 26.2 Å². The van der Waals surface area contributed by atoms with Gasteiger partial charge in [-0.1, -0.05) is 117 Å². The minimum Gasteiger partial charge on any atom is -0.466 e. The van der Waals surface area contributed by atoms with E-state index in [2.05, 4.69) is 25.7 Å². The Morgan fingerprint density at radius 3 is 1.36 bits per heavy atom. The molecule has 0 bridgehead atoms. The van der Waals surface area contributed by atoms with E-state index >= 15 is 0 Å². The van der Waals surface area contributed by atoms with E-state index in [9.17, 15) is 19.2 Å². The van der Waals surface area contributed by atoms with Crippen LogP contribution in [0.2, 0.25) is 0 Å². The highest BCUT2D eigenvalue weighted by Gasteiger charge is 2.49. The quantitative estimate of drug-likeness (QED) is 0.0408. The van der Waals surface area contributed by atoms with Crippen molar-refractivity contribution >= 4 is 23.9 Å². The van der Waals surface area contributed by atoms with Crippen LogP contribution in [0.1, 0.15) is 175 Å². The summed E-state index contributed by atoms with van der Waals surface area (Å²) in [5.74, 6) is -2.90. The van der Waals surface area contributed by atoms with Gasteiger partial charge in [-0.05, 0) is 58.2 Å². The van der Waals surface area contributed by atoms with Crippen molar-refractivity contribution in [1.29, 1.82) is 0 Å². The predicted molar refractivity (Wildman–Crippen MR) is 186 cm³/mol. The van der Waals surface area contributed by atoms with Gasteiger partial charge in [0, 0.05) is 6.42 Å². The summed E-state index contributed by atoms with van der Waals surface area (Å²) in [4.78, 5) is 55.5. The maximum Gasteiger partial charge on any atom is 0.351 e. The second kappa shape index (κ2) is 28.8. The molecule has 47 heavy (non-hydrogen) atoms. The normalized spacial score (nSPS) is 13.4. The topological polar surface area (TPSA) is 108 Å². The van der Waals surface area contributed by atoms with E-state index in [4.69, 9.17) is 18.9 Å². The SMILES string of the molecule is CCCCCCCCOC(=O)CC(CC(=O)OCCCCCCCC)(OC(=O)CCCN1CCCC1)C(=O)OCCCCCCCC. The summed E-state index contributed by atoms with van der Waals surface area (Å²) < 4.78 is 22.4. The molecule has 0 aromatic heterocycles. The number of carbonyl (C=O) groups excluding carboxylic acids is 4. The van der Waals surface area contributed by atoms with Crippen molar-refractivity contribution in [3.8, 4) is 0 Å². The summed E-state index contributed by atoms with van der Waals surface area (Å²) in [5.41, 5.74) is -2.12. The molecule has 1 aliphatic heterocycles. The molecule has 9 heteroatoms. The van der Waals surface area contributed by atoms with Crippen molar-refractivity contribution < 1.29 is 38.1 Å². The lowest BCUT2D eigenvalue weighted by atomic mass is 9.94. The molecule has 9 nitrogen and oxygen atoms in total. The molecule has 1 aliphatic rings. The van der Waals surface area contributed by atoms with Gasteiger partial charge in [0.1, 0.15) is 0 Å². The number of likely N-dealkylation sites (tertiary alicyclic amines) is 1. The van der Waals surface area contributed by atoms with Crippen LogP contribution in [0.15, 0.2) is 0 Å². The van der Waals surface area contributed by atoms with Crippen molar-refractivity contribution in [3.05, 3.63) is 0 Å². The second-order valence-corrected chi connectivity index (χ2v) is 13.4. The van der Waals surface area contributed by atoms with E-state index in [0.717, 1.165) is 116 Å². The summed E-state index contributed by atoms with van der Waals surface area (Å²) in [7, 11) is 0. The molecular formula is C38H69NO8. The maximum absolute atomic E-state index is 13.7. The molecule has 0 atom stereocenters. The molecule has 0 saturated carbocycles. The number of rotatable bonds is 31. The average molecular weight is 668 g/mol. The molecule has 1 rings (SSSR count). The van der Waals surface area contributed by atoms with Gasteiger partial charge in [0.2, 0.25) is 5.60 Å². The van der Waals surface area contributed by atoms with Gasteiger partial charge in [0.25, 0.3) is 0 Å². The number of hydrogen-bond donors (Lipinski definition) is 0. The van der Waals surface area contributed by atoms with Crippen LogP contribution in [0.4, 0.5) is 0 Å². The summed E-state index contributed by atoms with van der Waals surface area (Å²) in [6.07, 6.45) is 20.2. The monoisotopic (exact) mass is 668 g/mol. The Morgan fingerprint density at radius 1 is 0.511 bits per heavy atom. The molecular weight excluding hydrogens is 598 g/mol. The molecule has 1 heterocycles. The van der Waals surface area contributed by atoms with Crippen molar-refractivity contribution in [2.45, 2.75) is 180 Å². The number of carbonyl (C=O) groups is 4. The number of ether oxygens (including phenoxy) is 4. The molecule has 0 spiro atoms. The minimum atomic E-state index is -2.12. The van der Waals surface area contributed by atoms with Crippen LogP contribution in [-0.2, 0) is 38.1 Å². The van der Waals surface area contributed by atoms with Crippen LogP contribution in [0, 0.1) is 0 Å². The van der Waals surface area contributed by atoms with Crippen molar-refractivity contribution in [2.24, 2.45) is 0 Å². The van der Waals surface area contributed by atoms with Crippen LogP contribution in [0.25, 0.3) is 0 Å². The van der Waals surface area contributed by atoms with E-state index in [1.54, 1.807) is 0 Å². The van der Waals surface area contributed by atoms with Gasteiger partial charge >= 0.3 is 23.9 Å². The highest BCUT2D eigenvalue weighted by atomic mass is 16.6. The summed E-state index contributed by atoms with van der Waals surface area (Å²) in [6, 6.07) is 0. The number of hydrogen-bond acceptors (Lipinski definition) is 9. The van der Waals surface area contributed by atoms with Crippen LogP contribution < -0.4 is 0 Å². The first-order valence-corrected chi connectivity index (χ1v) is 19.3. The van der Waals surface area contributed by atoms with Crippen LogP contribution in [0.3, 0.4) is 0 Å². The lowest BCUT2D eigenvalue weighted by Gasteiger charge is -2.30. The molecule has 0 radical (unpaired) electrons. The zero-order valence-electron chi connectivity index (χ0n) is 30.4. The first kappa shape index (κ1) is 42.9. The highest BCUT2D eigenvalue weighted by Crippen LogP contribution is 2.27. The van der Waals surface area contributed by atoms with E-state index in [1.807, 2.05) is 0 Å². The third-order valence-corrected chi connectivity index (χ3v) is 8.85. The standard InChI is InChI=1S/C38H69NO8/c1-4-7-10-13-16-21-29-44-35(41)32-38(37(43)46-31-23-18-15-12-9-6-3,33-36(42)45-30-22-17-14-11-8-5-2)47-34(40)25-24-28-39-26-19-20-27-39/h4-33H2,1-3H3. The Labute approximate surface area is 286 Å². The Hall–Kier alpha value is -2.16. The highest BCUT2D eigenvalue weighted by molar-refractivity contribution is 5.92. The van der Waals surface area contributed by atoms with Crippen LogP contribution in [-0.4, -0.2) is 73.8 Å². The number of nitrogens with zero attached hydrogens (tertiary/aromatic N) is 1. The fourth-order valence-electron chi connectivity index (χ4n) is 5.93. The molecule has 0 unspecified atom stereocenters. The fourth-order valence-corrected chi connectivity index (χ4v) is 5.93. The van der Waals surface area contributed by atoms with Gasteiger partial charge in [-0.15, -0.1) is 0 Å². The predicted octanol–water partition coefficient (Wildman–Crippen LogP) is 8.64. The van der Waals surface area contributed by atoms with Gasteiger partial charge in [-0.25, -0.2) is 4.79 Å². The Morgan fingerprint density at radius 2 is 0.915 bits per heavy atom. The van der Waals surface area contributed by atoms with Gasteiger partial charge < -0.3 is 23.8 Å². The maximum atomic E-state index is 13.7. The Balaban J connectivity index is 2.94. The van der Waals surface area contributed by atoms with Crippen molar-refractivity contribution in [2.75, 3.05) is 39.5 Å². The molecule has 274 valence electrons. The molecule has 0 aromatic rings. The summed E-state index contributed by atoms with van der Waals surface area (Å²) in [5, 5.41) is 0. The lowest BCUT2D eigenvalue weighted by Crippen LogP contribution is -2.49. The Bertz CT molecular complexity index is 795. The summed E-state index contributed by atoms with van der Waals surface area (Å²) in [6.45, 7) is 9.81. The zero-order chi connectivity index (χ0) is 34.4. The molecule has 1 fully saturated rings. The number of esters is 4. The van der Waals surface area contributed by atoms with Gasteiger partial charge in [-0.3, -0.25) is 14.4 Å². The first-order valence-electron chi connectivity index (χ1n) is 19.3. The third-order valence-electron chi connectivity index (χ3n) is 8.85. The Kier molecular flexibility index (Phi) is 26.3. The van der Waals surface area contributed by atoms with Crippen LogP contribution in [0.5, 0.6) is 0 Å². The zero-order valence-corrected chi connectivity index (χ0v) is 30.4. The minimum absolute atomic E-state index is 0.0720. The summed E-state index contributed by atoms with van der Waals surface area (Å²) >= 11 is 0. The van der Waals surface area contributed by atoms with E-state index in [1.165, 1.54) is 12.8 Å². The smallest absolute Gasteiger partial charge is 0.351 e. The second-order valence-electron chi connectivity index (χ2n) is 13.4. The molecule has 0 aromatic carbocycles. The van der Waals surface area contributed by atoms with E-state index < -0.39 is 42.3 Å². The average Bonchev–Trinajstić information content (AvgIpc) is 3.57. The van der Waals surface area contributed by atoms with E-state index in [0.29, 0.717) is 25.7 Å². The van der Waals surface area contributed by atoms with Gasteiger partial charge in [0.15, 0.2) is 0 Å². The fraction of sp³-hybridized carbons (Fsp3) is 0.895. The van der Waals surface area contributed by atoms with Gasteiger partial charge in [0.05, 0.1) is 32.7 Å². The molecule has 0 N–H and O–H groups in total.